The molecule has 14 heteroatoms. The van der Waals surface area contributed by atoms with Crippen LogP contribution in [-0.4, -0.2) is 75.7 Å². The number of nitrogens with two attached hydrogens (primary N) is 2. The third kappa shape index (κ3) is 9.87. The molecular formula is C20H27N5O8S. The van der Waals surface area contributed by atoms with Gasteiger partial charge < -0.3 is 37.6 Å². The number of thiol groups is 1. The van der Waals surface area contributed by atoms with Crippen molar-refractivity contribution in [3.8, 4) is 0 Å². The third-order valence-corrected chi connectivity index (χ3v) is 4.87. The van der Waals surface area contributed by atoms with Crippen LogP contribution in [-0.2, 0) is 35.2 Å². The largest absolute Gasteiger partial charge is 0.481 e. The van der Waals surface area contributed by atoms with Gasteiger partial charge in [-0.05, 0) is 5.56 Å². The number of hydrogen-bond acceptors (Lipinski definition) is 8. The summed E-state index contributed by atoms with van der Waals surface area (Å²) in [5, 5.41) is 25.0. The van der Waals surface area contributed by atoms with E-state index in [9.17, 15) is 33.9 Å². The molecular weight excluding hydrogens is 470 g/mol. The van der Waals surface area contributed by atoms with Crippen molar-refractivity contribution in [2.24, 2.45) is 11.5 Å². The fraction of sp³-hybridized carbons (Fsp3) is 0.400. The van der Waals surface area contributed by atoms with Crippen molar-refractivity contribution in [2.45, 2.75) is 43.4 Å². The first kappa shape index (κ1) is 28.4. The van der Waals surface area contributed by atoms with Crippen LogP contribution >= 0.6 is 12.6 Å². The van der Waals surface area contributed by atoms with Gasteiger partial charge in [0.15, 0.2) is 0 Å². The van der Waals surface area contributed by atoms with Gasteiger partial charge in [0.05, 0.1) is 18.9 Å². The Balaban J connectivity index is 3.13. The molecule has 0 saturated heterocycles. The van der Waals surface area contributed by atoms with E-state index in [4.69, 9.17) is 16.6 Å². The summed E-state index contributed by atoms with van der Waals surface area (Å²) in [6.07, 6.45) is -1.60. The number of carboxylic acids is 2. The summed E-state index contributed by atoms with van der Waals surface area (Å²) < 4.78 is 0. The normalized spacial score (nSPS) is 14.1. The summed E-state index contributed by atoms with van der Waals surface area (Å²) in [4.78, 5) is 71.4. The van der Waals surface area contributed by atoms with E-state index < -0.39 is 72.6 Å². The van der Waals surface area contributed by atoms with E-state index in [2.05, 4.69) is 28.6 Å². The zero-order valence-electron chi connectivity index (χ0n) is 18.0. The van der Waals surface area contributed by atoms with Gasteiger partial charge in [0.25, 0.3) is 0 Å². The lowest BCUT2D eigenvalue weighted by atomic mass is 10.0. The minimum Gasteiger partial charge on any atom is -0.481 e. The number of amides is 4. The second-order valence-corrected chi connectivity index (χ2v) is 7.63. The van der Waals surface area contributed by atoms with E-state index in [0.717, 1.165) is 0 Å². The van der Waals surface area contributed by atoms with E-state index in [1.165, 1.54) is 0 Å². The van der Waals surface area contributed by atoms with Gasteiger partial charge in [0.1, 0.15) is 18.1 Å². The number of rotatable bonds is 14. The summed E-state index contributed by atoms with van der Waals surface area (Å²) in [7, 11) is 0. The molecule has 0 aliphatic rings. The van der Waals surface area contributed by atoms with Gasteiger partial charge in [-0.2, -0.15) is 12.6 Å². The molecule has 0 bridgehead atoms. The Kier molecular flexibility index (Phi) is 11.5. The highest BCUT2D eigenvalue weighted by atomic mass is 32.1. The second-order valence-electron chi connectivity index (χ2n) is 7.27. The summed E-state index contributed by atoms with van der Waals surface area (Å²) in [5.41, 5.74) is 11.1. The fourth-order valence-corrected chi connectivity index (χ4v) is 2.92. The summed E-state index contributed by atoms with van der Waals surface area (Å²) in [5.74, 6) is -6.76. The van der Waals surface area contributed by atoms with E-state index in [1.54, 1.807) is 30.3 Å². The Hall–Kier alpha value is -3.65. The van der Waals surface area contributed by atoms with Crippen LogP contribution < -0.4 is 27.4 Å². The minimum absolute atomic E-state index is 0.0667. The maximum absolute atomic E-state index is 12.8. The number of hydrogen-bond donors (Lipinski definition) is 8. The highest BCUT2D eigenvalue weighted by molar-refractivity contribution is 7.80. The number of nitrogens with one attached hydrogen (secondary N) is 3. The maximum Gasteiger partial charge on any atom is 0.326 e. The molecule has 0 heterocycles. The molecule has 186 valence electrons. The number of carbonyl (C=O) groups excluding carboxylic acids is 4. The molecule has 0 aliphatic carbocycles. The van der Waals surface area contributed by atoms with Crippen LogP contribution in [0, 0.1) is 0 Å². The van der Waals surface area contributed by atoms with Gasteiger partial charge in [-0.25, -0.2) is 4.79 Å². The molecule has 0 spiro atoms. The first-order valence-electron chi connectivity index (χ1n) is 9.99. The van der Waals surface area contributed by atoms with Crippen molar-refractivity contribution in [1.82, 2.24) is 16.0 Å². The van der Waals surface area contributed by atoms with Crippen molar-refractivity contribution in [1.29, 1.82) is 0 Å². The lowest BCUT2D eigenvalue weighted by Crippen LogP contribution is -2.58. The smallest absolute Gasteiger partial charge is 0.326 e. The van der Waals surface area contributed by atoms with E-state index in [-0.39, 0.29) is 12.2 Å². The van der Waals surface area contributed by atoms with Crippen molar-refractivity contribution < 1.29 is 39.0 Å². The first-order valence-corrected chi connectivity index (χ1v) is 10.6. The Bertz CT molecular complexity index is 913. The molecule has 9 N–H and O–H groups in total. The van der Waals surface area contributed by atoms with E-state index in [0.29, 0.717) is 5.56 Å². The lowest BCUT2D eigenvalue weighted by Gasteiger charge is -2.24. The van der Waals surface area contributed by atoms with Gasteiger partial charge in [0.2, 0.25) is 23.6 Å². The molecule has 4 amide bonds. The van der Waals surface area contributed by atoms with Gasteiger partial charge in [-0.1, -0.05) is 30.3 Å². The molecule has 13 nitrogen and oxygen atoms in total. The number of carboxylic acid groups (broad SMARTS) is 2. The van der Waals surface area contributed by atoms with Crippen molar-refractivity contribution in [3.05, 3.63) is 35.9 Å². The molecule has 1 rings (SSSR count). The SMILES string of the molecule is NC(=O)CC(NC(=O)C(Cc1ccccc1)NC(=O)C(CC(=O)O)NC(=O)C(N)CS)C(=O)O. The van der Waals surface area contributed by atoms with Gasteiger partial charge in [0, 0.05) is 12.2 Å². The highest BCUT2D eigenvalue weighted by Gasteiger charge is 2.31. The molecule has 1 aromatic rings. The monoisotopic (exact) mass is 497 g/mol. The summed E-state index contributed by atoms with van der Waals surface area (Å²) in [6.45, 7) is 0. The Labute approximate surface area is 200 Å². The number of benzene rings is 1. The Morgan fingerprint density at radius 3 is 1.85 bits per heavy atom. The zero-order chi connectivity index (χ0) is 25.8. The van der Waals surface area contributed by atoms with Crippen molar-refractivity contribution >= 4 is 48.2 Å². The number of primary amides is 1. The predicted octanol–water partition coefficient (Wildman–Crippen LogP) is -2.62. The molecule has 0 fully saturated rings. The zero-order valence-corrected chi connectivity index (χ0v) is 18.9. The van der Waals surface area contributed by atoms with Crippen LogP contribution in [0.15, 0.2) is 30.3 Å². The molecule has 4 atom stereocenters. The van der Waals surface area contributed by atoms with Gasteiger partial charge in [-0.3, -0.25) is 24.0 Å². The maximum atomic E-state index is 12.8. The summed E-state index contributed by atoms with van der Waals surface area (Å²) in [6, 6.07) is 2.63. The van der Waals surface area contributed by atoms with Crippen LogP contribution in [0.25, 0.3) is 0 Å². The van der Waals surface area contributed by atoms with Crippen LogP contribution in [0.5, 0.6) is 0 Å². The molecule has 34 heavy (non-hydrogen) atoms. The standard InChI is InChI=1S/C20H27N5O8S/c21-11(9-34)17(29)23-13(8-16(27)28)19(31)24-12(6-10-4-2-1-3-5-10)18(30)25-14(20(32)33)7-15(22)26/h1-5,11-14,34H,6-9,21H2,(H2,22,26)(H,23,29)(H,24,31)(H,25,30)(H,27,28)(H,32,33). The predicted molar refractivity (Wildman–Crippen MR) is 121 cm³/mol. The highest BCUT2D eigenvalue weighted by Crippen LogP contribution is 2.06. The average Bonchev–Trinajstić information content (AvgIpc) is 2.76. The second kappa shape index (κ2) is 13.8. The summed E-state index contributed by atoms with van der Waals surface area (Å²) >= 11 is 3.87. The molecule has 0 radical (unpaired) electrons. The Morgan fingerprint density at radius 2 is 1.35 bits per heavy atom. The minimum atomic E-state index is -1.65. The number of aliphatic carboxylic acids is 2. The molecule has 0 aromatic heterocycles. The van der Waals surface area contributed by atoms with Crippen LogP contribution in [0.2, 0.25) is 0 Å². The molecule has 1 aromatic carbocycles. The quantitative estimate of drug-likeness (QED) is 0.125. The average molecular weight is 498 g/mol. The third-order valence-electron chi connectivity index (χ3n) is 4.48. The van der Waals surface area contributed by atoms with Crippen LogP contribution in [0.1, 0.15) is 18.4 Å². The van der Waals surface area contributed by atoms with Gasteiger partial charge >= 0.3 is 11.9 Å². The van der Waals surface area contributed by atoms with Gasteiger partial charge in [-0.15, -0.1) is 0 Å². The topological polar surface area (TPSA) is 231 Å². The van der Waals surface area contributed by atoms with E-state index in [1.807, 2.05) is 0 Å². The number of carbonyl (C=O) groups is 6. The van der Waals surface area contributed by atoms with Crippen LogP contribution in [0.4, 0.5) is 0 Å². The van der Waals surface area contributed by atoms with E-state index >= 15 is 0 Å². The lowest BCUT2D eigenvalue weighted by molar-refractivity contribution is -0.144. The molecule has 0 aliphatic heterocycles. The molecule has 4 unspecified atom stereocenters. The Morgan fingerprint density at radius 1 is 0.824 bits per heavy atom. The first-order chi connectivity index (χ1) is 15.9. The molecule has 0 saturated carbocycles. The fourth-order valence-electron chi connectivity index (χ4n) is 2.75. The van der Waals surface area contributed by atoms with Crippen LogP contribution in [0.3, 0.4) is 0 Å². The van der Waals surface area contributed by atoms with Crippen molar-refractivity contribution in [3.63, 3.8) is 0 Å². The van der Waals surface area contributed by atoms with Crippen molar-refractivity contribution in [2.75, 3.05) is 5.75 Å².